The maximum Gasteiger partial charge on any atom is 0.231 e. The first-order valence-electron chi connectivity index (χ1n) is 8.60. The fraction of sp³-hybridized carbons (Fsp3) is 0.316. The fourth-order valence-corrected chi connectivity index (χ4v) is 3.48. The van der Waals surface area contributed by atoms with Crippen molar-refractivity contribution in [1.82, 2.24) is 9.80 Å². The Balaban J connectivity index is 1.29. The van der Waals surface area contributed by atoms with Gasteiger partial charge in [0.2, 0.25) is 6.79 Å². The molecular weight excluding hydrogens is 353 g/mol. The number of rotatable bonds is 3. The number of halogens is 1. The van der Waals surface area contributed by atoms with E-state index in [0.29, 0.717) is 5.11 Å². The molecule has 5 nitrogen and oxygen atoms in total. The van der Waals surface area contributed by atoms with Gasteiger partial charge in [-0.2, -0.15) is 0 Å². The molecule has 0 spiro atoms. The number of hydrogen-bond acceptors (Lipinski definition) is 4. The molecule has 1 fully saturated rings. The maximum atomic E-state index is 13.3. The summed E-state index contributed by atoms with van der Waals surface area (Å²) in [4.78, 5) is 4.47. The maximum absolute atomic E-state index is 13.3. The van der Waals surface area contributed by atoms with Crippen LogP contribution >= 0.6 is 12.2 Å². The third-order valence-electron chi connectivity index (χ3n) is 4.58. The molecule has 2 heterocycles. The summed E-state index contributed by atoms with van der Waals surface area (Å²) in [6.07, 6.45) is 0. The highest BCUT2D eigenvalue weighted by atomic mass is 32.1. The largest absolute Gasteiger partial charge is 0.454 e. The van der Waals surface area contributed by atoms with Gasteiger partial charge in [0.1, 0.15) is 5.82 Å². The van der Waals surface area contributed by atoms with Crippen molar-refractivity contribution in [2.24, 2.45) is 0 Å². The number of hydrogen-bond donors (Lipinski definition) is 1. The van der Waals surface area contributed by atoms with Crippen LogP contribution in [0.4, 0.5) is 10.1 Å². The fourth-order valence-electron chi connectivity index (χ4n) is 3.18. The Morgan fingerprint density at radius 2 is 1.85 bits per heavy atom. The topological polar surface area (TPSA) is 37.0 Å². The van der Waals surface area contributed by atoms with Crippen LogP contribution in [0.15, 0.2) is 42.5 Å². The monoisotopic (exact) mass is 373 g/mol. The van der Waals surface area contributed by atoms with Crippen LogP contribution in [0.1, 0.15) is 5.56 Å². The Kier molecular flexibility index (Phi) is 4.90. The van der Waals surface area contributed by atoms with E-state index in [9.17, 15) is 4.39 Å². The lowest BCUT2D eigenvalue weighted by Gasteiger charge is -2.36. The van der Waals surface area contributed by atoms with Gasteiger partial charge in [-0.1, -0.05) is 12.1 Å². The summed E-state index contributed by atoms with van der Waals surface area (Å²) < 4.78 is 24.0. The molecule has 136 valence electrons. The van der Waals surface area contributed by atoms with E-state index in [1.165, 1.54) is 6.07 Å². The molecule has 0 amide bonds. The van der Waals surface area contributed by atoms with Crippen LogP contribution in [-0.2, 0) is 6.54 Å². The second-order valence-electron chi connectivity index (χ2n) is 6.39. The zero-order valence-electron chi connectivity index (χ0n) is 14.3. The third kappa shape index (κ3) is 3.89. The molecule has 0 aromatic heterocycles. The molecule has 2 aliphatic rings. The van der Waals surface area contributed by atoms with Crippen molar-refractivity contribution in [2.45, 2.75) is 6.54 Å². The van der Waals surface area contributed by atoms with Crippen LogP contribution in [0.2, 0.25) is 0 Å². The summed E-state index contributed by atoms with van der Waals surface area (Å²) in [5.41, 5.74) is 1.89. The summed E-state index contributed by atoms with van der Waals surface area (Å²) in [7, 11) is 0. The van der Waals surface area contributed by atoms with E-state index >= 15 is 0 Å². The number of nitrogens with one attached hydrogen (secondary N) is 1. The number of fused-ring (bicyclic) bond motifs is 1. The number of benzene rings is 2. The lowest BCUT2D eigenvalue weighted by Crippen LogP contribution is -2.49. The van der Waals surface area contributed by atoms with Gasteiger partial charge in [0.15, 0.2) is 16.6 Å². The van der Waals surface area contributed by atoms with Crippen LogP contribution in [0, 0.1) is 5.82 Å². The second-order valence-corrected chi connectivity index (χ2v) is 6.78. The minimum absolute atomic E-state index is 0.185. The molecule has 4 rings (SSSR count). The summed E-state index contributed by atoms with van der Waals surface area (Å²) in [6.45, 7) is 4.47. The molecule has 0 radical (unpaired) electrons. The Bertz CT molecular complexity index is 809. The van der Waals surface area contributed by atoms with E-state index in [-0.39, 0.29) is 12.6 Å². The van der Waals surface area contributed by atoms with Gasteiger partial charge in [-0.05, 0) is 42.0 Å². The van der Waals surface area contributed by atoms with E-state index in [2.05, 4.69) is 15.1 Å². The van der Waals surface area contributed by atoms with Gasteiger partial charge in [0.25, 0.3) is 0 Å². The average Bonchev–Trinajstić information content (AvgIpc) is 3.10. The highest BCUT2D eigenvalue weighted by Crippen LogP contribution is 2.34. The molecule has 1 N–H and O–H groups in total. The van der Waals surface area contributed by atoms with Gasteiger partial charge in [-0.25, -0.2) is 4.39 Å². The van der Waals surface area contributed by atoms with Crippen molar-refractivity contribution < 1.29 is 13.9 Å². The quantitative estimate of drug-likeness (QED) is 0.834. The molecule has 26 heavy (non-hydrogen) atoms. The first-order valence-corrected chi connectivity index (χ1v) is 9.00. The average molecular weight is 373 g/mol. The summed E-state index contributed by atoms with van der Waals surface area (Å²) in [5.74, 6) is 1.31. The van der Waals surface area contributed by atoms with Crippen molar-refractivity contribution >= 4 is 23.0 Å². The normalized spacial score (nSPS) is 16.6. The number of ether oxygens (including phenoxy) is 2. The molecule has 1 saturated heterocycles. The minimum Gasteiger partial charge on any atom is -0.454 e. The molecule has 0 saturated carbocycles. The highest BCUT2D eigenvalue weighted by molar-refractivity contribution is 7.80. The summed E-state index contributed by atoms with van der Waals surface area (Å²) in [6, 6.07) is 12.5. The lowest BCUT2D eigenvalue weighted by atomic mass is 10.2. The number of thiocarbonyl (C=S) groups is 1. The molecule has 0 unspecified atom stereocenters. The van der Waals surface area contributed by atoms with Crippen molar-refractivity contribution in [2.75, 3.05) is 38.3 Å². The second kappa shape index (κ2) is 7.47. The Labute approximate surface area is 157 Å². The summed E-state index contributed by atoms with van der Waals surface area (Å²) in [5, 5.41) is 3.97. The zero-order chi connectivity index (χ0) is 17.9. The van der Waals surface area contributed by atoms with Gasteiger partial charge in [-0.15, -0.1) is 0 Å². The van der Waals surface area contributed by atoms with Gasteiger partial charge in [0.05, 0.1) is 0 Å². The van der Waals surface area contributed by atoms with E-state index in [0.717, 1.165) is 55.5 Å². The predicted octanol–water partition coefficient (Wildman–Crippen LogP) is 3.07. The lowest BCUT2D eigenvalue weighted by molar-refractivity contribution is 0.174. The molecule has 0 aliphatic carbocycles. The van der Waals surface area contributed by atoms with E-state index < -0.39 is 0 Å². The highest BCUT2D eigenvalue weighted by Gasteiger charge is 2.20. The standard InChI is InChI=1S/C19H20FN3O2S/c20-15-3-1-2-14(10-15)12-22-6-8-23(9-7-22)19(26)21-16-4-5-17-18(11-16)25-13-24-17/h1-5,10-11H,6-9,12-13H2,(H,21,26). The van der Waals surface area contributed by atoms with E-state index in [1.54, 1.807) is 12.1 Å². The van der Waals surface area contributed by atoms with Crippen LogP contribution in [0.25, 0.3) is 0 Å². The van der Waals surface area contributed by atoms with Gasteiger partial charge >= 0.3 is 0 Å². The Morgan fingerprint density at radius 1 is 1.04 bits per heavy atom. The van der Waals surface area contributed by atoms with Crippen molar-refractivity contribution in [1.29, 1.82) is 0 Å². The van der Waals surface area contributed by atoms with Crippen LogP contribution in [0.3, 0.4) is 0 Å². The van der Waals surface area contributed by atoms with Crippen LogP contribution < -0.4 is 14.8 Å². The molecule has 2 aliphatic heterocycles. The van der Waals surface area contributed by atoms with Gasteiger partial charge < -0.3 is 19.7 Å². The van der Waals surface area contributed by atoms with Crippen molar-refractivity contribution in [3.8, 4) is 11.5 Å². The number of anilines is 1. The van der Waals surface area contributed by atoms with Crippen molar-refractivity contribution in [3.63, 3.8) is 0 Å². The predicted molar refractivity (Wildman–Crippen MR) is 102 cm³/mol. The minimum atomic E-state index is -0.185. The Hall–Kier alpha value is -2.38. The third-order valence-corrected chi connectivity index (χ3v) is 4.94. The van der Waals surface area contributed by atoms with Gasteiger partial charge in [-0.3, -0.25) is 4.90 Å². The van der Waals surface area contributed by atoms with Crippen LogP contribution in [0.5, 0.6) is 11.5 Å². The van der Waals surface area contributed by atoms with Gasteiger partial charge in [0, 0.05) is 44.5 Å². The molecule has 2 aromatic carbocycles. The molecule has 7 heteroatoms. The number of piperazine rings is 1. The number of nitrogens with zero attached hydrogens (tertiary/aromatic N) is 2. The first-order chi connectivity index (χ1) is 12.7. The SMILES string of the molecule is Fc1cccc(CN2CCN(C(=S)Nc3ccc4c(c3)OCO4)CC2)c1. The van der Waals surface area contributed by atoms with E-state index in [4.69, 9.17) is 21.7 Å². The zero-order valence-corrected chi connectivity index (χ0v) is 15.1. The molecule has 0 bridgehead atoms. The molecule has 0 atom stereocenters. The van der Waals surface area contributed by atoms with E-state index in [1.807, 2.05) is 24.3 Å². The molecule has 2 aromatic rings. The Morgan fingerprint density at radius 3 is 2.65 bits per heavy atom. The van der Waals surface area contributed by atoms with Crippen LogP contribution in [-0.4, -0.2) is 47.9 Å². The van der Waals surface area contributed by atoms with Crippen molar-refractivity contribution in [3.05, 3.63) is 53.8 Å². The smallest absolute Gasteiger partial charge is 0.231 e. The summed E-state index contributed by atoms with van der Waals surface area (Å²) >= 11 is 5.54. The first kappa shape index (κ1) is 17.1. The molecular formula is C19H20FN3O2S.